The summed E-state index contributed by atoms with van der Waals surface area (Å²) in [6.07, 6.45) is 0.991. The van der Waals surface area contributed by atoms with Gasteiger partial charge in [0.2, 0.25) is 0 Å². The Balaban J connectivity index is 2.16. The van der Waals surface area contributed by atoms with E-state index in [0.717, 1.165) is 19.5 Å². The highest BCUT2D eigenvalue weighted by Gasteiger charge is 2.17. The average molecular weight is 192 g/mol. The molecule has 0 aromatic heterocycles. The normalized spacial score (nSPS) is 20.5. The highest BCUT2D eigenvalue weighted by molar-refractivity contribution is 5.36. The molecule has 0 saturated carbocycles. The van der Waals surface area contributed by atoms with Crippen molar-refractivity contribution in [3.05, 3.63) is 29.3 Å². The molecule has 3 nitrogen and oxygen atoms in total. The highest BCUT2D eigenvalue weighted by Crippen LogP contribution is 2.21. The van der Waals surface area contributed by atoms with Gasteiger partial charge in [0.05, 0.1) is 0 Å². The maximum absolute atomic E-state index is 9.37. The van der Waals surface area contributed by atoms with Crippen molar-refractivity contribution in [3.8, 4) is 5.75 Å². The molecular formula is C11H16N2O. The van der Waals surface area contributed by atoms with E-state index >= 15 is 0 Å². The fourth-order valence-electron chi connectivity index (χ4n) is 1.96. The summed E-state index contributed by atoms with van der Waals surface area (Å²) in [6, 6.07) is 6.10. The third-order valence-electron chi connectivity index (χ3n) is 2.69. The number of nitrogens with one attached hydrogen (secondary N) is 2. The largest absolute Gasteiger partial charge is 0.508 e. The van der Waals surface area contributed by atoms with Gasteiger partial charge in [-0.15, -0.1) is 0 Å². The molecule has 14 heavy (non-hydrogen) atoms. The van der Waals surface area contributed by atoms with Crippen molar-refractivity contribution in [1.82, 2.24) is 10.6 Å². The summed E-state index contributed by atoms with van der Waals surface area (Å²) in [7, 11) is 1.96. The van der Waals surface area contributed by atoms with Gasteiger partial charge in [-0.25, -0.2) is 0 Å². The summed E-state index contributed by atoms with van der Waals surface area (Å²) in [5, 5.41) is 16.0. The standard InChI is InChI=1S/C11H16N2O/c1-12-7-10-4-9-5-11(14)3-2-8(9)6-13-10/h2-3,5,10,12-14H,4,6-7H2,1H3. The molecular weight excluding hydrogens is 176 g/mol. The van der Waals surface area contributed by atoms with E-state index in [1.54, 1.807) is 6.07 Å². The molecule has 1 unspecified atom stereocenters. The van der Waals surface area contributed by atoms with Crippen LogP contribution in [0.4, 0.5) is 0 Å². The van der Waals surface area contributed by atoms with Crippen LogP contribution in [0.2, 0.25) is 0 Å². The second-order valence-corrected chi connectivity index (χ2v) is 3.79. The second-order valence-electron chi connectivity index (χ2n) is 3.79. The Morgan fingerprint density at radius 2 is 2.36 bits per heavy atom. The summed E-state index contributed by atoms with van der Waals surface area (Å²) in [5.41, 5.74) is 2.57. The first-order valence-corrected chi connectivity index (χ1v) is 4.98. The predicted octanol–water partition coefficient (Wildman–Crippen LogP) is 0.626. The number of fused-ring (bicyclic) bond motifs is 1. The van der Waals surface area contributed by atoms with E-state index in [-0.39, 0.29) is 0 Å². The monoisotopic (exact) mass is 192 g/mol. The molecule has 0 bridgehead atoms. The van der Waals surface area contributed by atoms with Crippen LogP contribution in [0, 0.1) is 0 Å². The summed E-state index contributed by atoms with van der Waals surface area (Å²) in [5.74, 6) is 0.369. The Labute approximate surface area is 84.1 Å². The molecule has 1 aliphatic heterocycles. The van der Waals surface area contributed by atoms with Gasteiger partial charge in [0.15, 0.2) is 0 Å². The lowest BCUT2D eigenvalue weighted by molar-refractivity contribution is 0.451. The number of aromatic hydroxyl groups is 1. The lowest BCUT2D eigenvalue weighted by Gasteiger charge is -2.26. The Morgan fingerprint density at radius 1 is 1.50 bits per heavy atom. The van der Waals surface area contributed by atoms with Crippen LogP contribution < -0.4 is 10.6 Å². The third kappa shape index (κ3) is 1.89. The number of phenolic OH excluding ortho intramolecular Hbond substituents is 1. The van der Waals surface area contributed by atoms with Crippen molar-refractivity contribution < 1.29 is 5.11 Å². The second kappa shape index (κ2) is 3.98. The van der Waals surface area contributed by atoms with Crippen molar-refractivity contribution >= 4 is 0 Å². The third-order valence-corrected chi connectivity index (χ3v) is 2.69. The van der Waals surface area contributed by atoms with Crippen molar-refractivity contribution in [1.29, 1.82) is 0 Å². The molecule has 1 atom stereocenters. The van der Waals surface area contributed by atoms with Crippen LogP contribution in [0.1, 0.15) is 11.1 Å². The quantitative estimate of drug-likeness (QED) is 0.644. The Kier molecular flexibility index (Phi) is 2.70. The van der Waals surface area contributed by atoms with Crippen molar-refractivity contribution in [3.63, 3.8) is 0 Å². The van der Waals surface area contributed by atoms with Gasteiger partial charge < -0.3 is 15.7 Å². The van der Waals surface area contributed by atoms with Gasteiger partial charge in [-0.05, 0) is 36.7 Å². The van der Waals surface area contributed by atoms with Crippen LogP contribution in [0.25, 0.3) is 0 Å². The fraction of sp³-hybridized carbons (Fsp3) is 0.455. The van der Waals surface area contributed by atoms with Gasteiger partial charge >= 0.3 is 0 Å². The van der Waals surface area contributed by atoms with E-state index in [1.165, 1.54) is 11.1 Å². The maximum Gasteiger partial charge on any atom is 0.115 e. The summed E-state index contributed by atoms with van der Waals surface area (Å²) >= 11 is 0. The maximum atomic E-state index is 9.37. The van der Waals surface area contributed by atoms with Crippen LogP contribution >= 0.6 is 0 Å². The molecule has 0 amide bonds. The topological polar surface area (TPSA) is 44.3 Å². The molecule has 0 fully saturated rings. The van der Waals surface area contributed by atoms with Gasteiger partial charge in [0, 0.05) is 19.1 Å². The van der Waals surface area contributed by atoms with Gasteiger partial charge in [-0.3, -0.25) is 0 Å². The highest BCUT2D eigenvalue weighted by atomic mass is 16.3. The Bertz CT molecular complexity index is 325. The zero-order valence-corrected chi connectivity index (χ0v) is 8.38. The number of hydrogen-bond acceptors (Lipinski definition) is 3. The number of phenols is 1. The lowest BCUT2D eigenvalue weighted by atomic mass is 9.95. The first-order chi connectivity index (χ1) is 6.79. The molecule has 2 rings (SSSR count). The summed E-state index contributed by atoms with van der Waals surface area (Å²) in [6.45, 7) is 1.87. The Hall–Kier alpha value is -1.06. The lowest BCUT2D eigenvalue weighted by Crippen LogP contribution is -2.41. The molecule has 3 N–H and O–H groups in total. The molecule has 1 aliphatic rings. The molecule has 3 heteroatoms. The molecule has 0 aliphatic carbocycles. The van der Waals surface area contributed by atoms with E-state index in [4.69, 9.17) is 0 Å². The average Bonchev–Trinajstić information content (AvgIpc) is 2.17. The number of hydrogen-bond donors (Lipinski definition) is 3. The van der Waals surface area contributed by atoms with E-state index in [0.29, 0.717) is 11.8 Å². The molecule has 0 radical (unpaired) electrons. The van der Waals surface area contributed by atoms with Crippen LogP contribution in [0.3, 0.4) is 0 Å². The molecule has 1 heterocycles. The van der Waals surface area contributed by atoms with E-state index < -0.39 is 0 Å². The minimum absolute atomic E-state index is 0.369. The van der Waals surface area contributed by atoms with Crippen LogP contribution in [0.5, 0.6) is 5.75 Å². The molecule has 76 valence electrons. The molecule has 1 aromatic carbocycles. The van der Waals surface area contributed by atoms with E-state index in [2.05, 4.69) is 10.6 Å². The van der Waals surface area contributed by atoms with Crippen molar-refractivity contribution in [2.45, 2.75) is 19.0 Å². The fourth-order valence-corrected chi connectivity index (χ4v) is 1.96. The van der Waals surface area contributed by atoms with E-state index in [9.17, 15) is 5.11 Å². The zero-order valence-electron chi connectivity index (χ0n) is 8.38. The van der Waals surface area contributed by atoms with Crippen LogP contribution in [0.15, 0.2) is 18.2 Å². The number of likely N-dealkylation sites (N-methyl/N-ethyl adjacent to an activating group) is 1. The molecule has 0 saturated heterocycles. The summed E-state index contributed by atoms with van der Waals surface area (Å²) < 4.78 is 0. The predicted molar refractivity (Wildman–Crippen MR) is 56.4 cm³/mol. The SMILES string of the molecule is CNCC1Cc2cc(O)ccc2CN1. The minimum Gasteiger partial charge on any atom is -0.508 e. The van der Waals surface area contributed by atoms with Crippen LogP contribution in [-0.4, -0.2) is 24.7 Å². The number of benzene rings is 1. The van der Waals surface area contributed by atoms with Gasteiger partial charge in [0.1, 0.15) is 5.75 Å². The van der Waals surface area contributed by atoms with Crippen molar-refractivity contribution in [2.75, 3.05) is 13.6 Å². The molecule has 0 spiro atoms. The van der Waals surface area contributed by atoms with Gasteiger partial charge in [0.25, 0.3) is 0 Å². The van der Waals surface area contributed by atoms with E-state index in [1.807, 2.05) is 19.2 Å². The van der Waals surface area contributed by atoms with Crippen LogP contribution in [-0.2, 0) is 13.0 Å². The zero-order chi connectivity index (χ0) is 9.97. The summed E-state index contributed by atoms with van der Waals surface area (Å²) in [4.78, 5) is 0. The minimum atomic E-state index is 0.369. The van der Waals surface area contributed by atoms with Crippen molar-refractivity contribution in [2.24, 2.45) is 0 Å². The van der Waals surface area contributed by atoms with Gasteiger partial charge in [-0.1, -0.05) is 6.07 Å². The number of rotatable bonds is 2. The first kappa shape index (κ1) is 9.49. The first-order valence-electron chi connectivity index (χ1n) is 4.98. The molecule has 1 aromatic rings. The smallest absolute Gasteiger partial charge is 0.115 e. The Morgan fingerprint density at radius 3 is 3.14 bits per heavy atom. The van der Waals surface area contributed by atoms with Gasteiger partial charge in [-0.2, -0.15) is 0 Å².